The maximum atomic E-state index is 12.1. The van der Waals surface area contributed by atoms with Crippen molar-refractivity contribution in [2.45, 2.75) is 6.92 Å². The SMILES string of the molecule is COc1cc(/C=C2\N=C(c3ccccc3Cl)OC2=O)cc(Cl)c1OC(C)=O. The van der Waals surface area contributed by atoms with Gasteiger partial charge in [0, 0.05) is 6.92 Å². The van der Waals surface area contributed by atoms with Crippen LogP contribution in [-0.4, -0.2) is 24.9 Å². The maximum absolute atomic E-state index is 12.1. The molecule has 2 aromatic carbocycles. The Bertz CT molecular complexity index is 998. The Labute approximate surface area is 165 Å². The van der Waals surface area contributed by atoms with Gasteiger partial charge in [-0.25, -0.2) is 9.79 Å². The highest BCUT2D eigenvalue weighted by Crippen LogP contribution is 2.37. The molecule has 0 saturated heterocycles. The summed E-state index contributed by atoms with van der Waals surface area (Å²) >= 11 is 12.3. The highest BCUT2D eigenvalue weighted by Gasteiger charge is 2.25. The molecule has 0 bridgehead atoms. The second kappa shape index (κ2) is 7.82. The first-order chi connectivity index (χ1) is 12.9. The Morgan fingerprint density at radius 3 is 2.59 bits per heavy atom. The minimum absolute atomic E-state index is 0.0725. The van der Waals surface area contributed by atoms with Gasteiger partial charge >= 0.3 is 11.9 Å². The summed E-state index contributed by atoms with van der Waals surface area (Å²) in [5, 5.41) is 0.568. The summed E-state index contributed by atoms with van der Waals surface area (Å²) in [5.74, 6) is -0.695. The predicted molar refractivity (Wildman–Crippen MR) is 101 cm³/mol. The summed E-state index contributed by atoms with van der Waals surface area (Å²) in [6.45, 7) is 1.26. The number of benzene rings is 2. The van der Waals surface area contributed by atoms with Crippen LogP contribution in [0.3, 0.4) is 0 Å². The molecule has 0 radical (unpaired) electrons. The van der Waals surface area contributed by atoms with Crippen molar-refractivity contribution in [2.75, 3.05) is 7.11 Å². The third-order valence-electron chi connectivity index (χ3n) is 3.53. The first kappa shape index (κ1) is 18.9. The van der Waals surface area contributed by atoms with Gasteiger partial charge in [-0.15, -0.1) is 0 Å². The highest BCUT2D eigenvalue weighted by atomic mass is 35.5. The van der Waals surface area contributed by atoms with Crippen LogP contribution in [0.5, 0.6) is 11.5 Å². The number of ether oxygens (including phenoxy) is 3. The quantitative estimate of drug-likeness (QED) is 0.431. The van der Waals surface area contributed by atoms with E-state index >= 15 is 0 Å². The summed E-state index contributed by atoms with van der Waals surface area (Å²) in [7, 11) is 1.41. The van der Waals surface area contributed by atoms with Crippen LogP contribution in [0.25, 0.3) is 6.08 Å². The third kappa shape index (κ3) is 4.13. The van der Waals surface area contributed by atoms with Crippen LogP contribution in [0.15, 0.2) is 47.1 Å². The van der Waals surface area contributed by atoms with Gasteiger partial charge in [-0.05, 0) is 35.9 Å². The lowest BCUT2D eigenvalue weighted by Crippen LogP contribution is -2.05. The summed E-state index contributed by atoms with van der Waals surface area (Å²) in [6.07, 6.45) is 1.48. The van der Waals surface area contributed by atoms with E-state index in [9.17, 15) is 9.59 Å². The average Bonchev–Trinajstić information content (AvgIpc) is 2.97. The smallest absolute Gasteiger partial charge is 0.363 e. The van der Waals surface area contributed by atoms with Gasteiger partial charge in [0.2, 0.25) is 5.90 Å². The molecule has 138 valence electrons. The molecule has 0 spiro atoms. The van der Waals surface area contributed by atoms with Crippen molar-refractivity contribution in [1.29, 1.82) is 0 Å². The van der Waals surface area contributed by atoms with Gasteiger partial charge < -0.3 is 14.2 Å². The standard InChI is InChI=1S/C19H13Cl2NO5/c1-10(23)26-17-14(21)7-11(9-16(17)25-2)8-15-19(24)27-18(22-15)12-5-3-4-6-13(12)20/h3-9H,1-2H3/b15-8-. The van der Waals surface area contributed by atoms with E-state index in [1.54, 1.807) is 30.3 Å². The van der Waals surface area contributed by atoms with E-state index in [0.29, 0.717) is 16.1 Å². The van der Waals surface area contributed by atoms with Crippen LogP contribution >= 0.6 is 23.2 Å². The Morgan fingerprint density at radius 2 is 1.93 bits per heavy atom. The first-order valence-corrected chi connectivity index (χ1v) is 8.48. The van der Waals surface area contributed by atoms with Gasteiger partial charge in [0.1, 0.15) is 0 Å². The van der Waals surface area contributed by atoms with Gasteiger partial charge in [-0.1, -0.05) is 35.3 Å². The number of carbonyl (C=O) groups is 2. The van der Waals surface area contributed by atoms with E-state index in [1.165, 1.54) is 26.2 Å². The molecule has 0 aliphatic carbocycles. The van der Waals surface area contributed by atoms with Crippen molar-refractivity contribution in [3.05, 3.63) is 63.3 Å². The monoisotopic (exact) mass is 405 g/mol. The lowest BCUT2D eigenvalue weighted by molar-refractivity contribution is -0.132. The molecule has 0 fully saturated rings. The fourth-order valence-electron chi connectivity index (χ4n) is 2.38. The number of cyclic esters (lactones) is 1. The van der Waals surface area contributed by atoms with Gasteiger partial charge in [0.15, 0.2) is 17.2 Å². The second-order valence-electron chi connectivity index (χ2n) is 5.44. The fourth-order valence-corrected chi connectivity index (χ4v) is 2.86. The summed E-state index contributed by atoms with van der Waals surface area (Å²) in [4.78, 5) is 27.5. The number of aliphatic imine (C=N–C) groups is 1. The highest BCUT2D eigenvalue weighted by molar-refractivity contribution is 6.34. The Morgan fingerprint density at radius 1 is 1.19 bits per heavy atom. The van der Waals surface area contributed by atoms with E-state index in [1.807, 2.05) is 0 Å². The largest absolute Gasteiger partial charge is 0.493 e. The van der Waals surface area contributed by atoms with Crippen molar-refractivity contribution in [3.8, 4) is 11.5 Å². The molecule has 0 atom stereocenters. The molecule has 0 aromatic heterocycles. The number of carbonyl (C=O) groups excluding carboxylic acids is 2. The molecule has 1 heterocycles. The number of rotatable bonds is 4. The molecule has 0 saturated carbocycles. The van der Waals surface area contributed by atoms with E-state index in [4.69, 9.17) is 37.4 Å². The lowest BCUT2D eigenvalue weighted by atomic mass is 10.1. The molecule has 6 nitrogen and oxygen atoms in total. The van der Waals surface area contributed by atoms with E-state index < -0.39 is 11.9 Å². The predicted octanol–water partition coefficient (Wildman–Crippen LogP) is 4.27. The molecule has 8 heteroatoms. The zero-order chi connectivity index (χ0) is 19.6. The van der Waals surface area contributed by atoms with E-state index in [0.717, 1.165) is 0 Å². The van der Waals surface area contributed by atoms with Crippen LogP contribution in [0.2, 0.25) is 10.0 Å². The van der Waals surface area contributed by atoms with Gasteiger partial charge in [0.25, 0.3) is 0 Å². The minimum Gasteiger partial charge on any atom is -0.493 e. The number of esters is 2. The fraction of sp³-hybridized carbons (Fsp3) is 0.105. The maximum Gasteiger partial charge on any atom is 0.363 e. The zero-order valence-electron chi connectivity index (χ0n) is 14.3. The summed E-state index contributed by atoms with van der Waals surface area (Å²) in [6, 6.07) is 9.98. The van der Waals surface area contributed by atoms with Gasteiger partial charge in [0.05, 0.1) is 22.7 Å². The zero-order valence-corrected chi connectivity index (χ0v) is 15.8. The Hall–Kier alpha value is -2.83. The molecule has 0 N–H and O–H groups in total. The van der Waals surface area contributed by atoms with Gasteiger partial charge in [-0.2, -0.15) is 0 Å². The number of hydrogen-bond acceptors (Lipinski definition) is 6. The van der Waals surface area contributed by atoms with Crippen LogP contribution in [0.4, 0.5) is 0 Å². The number of methoxy groups -OCH3 is 1. The topological polar surface area (TPSA) is 74.2 Å². The lowest BCUT2D eigenvalue weighted by Gasteiger charge is -2.10. The summed E-state index contributed by atoms with van der Waals surface area (Å²) < 4.78 is 15.5. The van der Waals surface area contributed by atoms with Crippen LogP contribution in [0, 0.1) is 0 Å². The Kier molecular flexibility index (Phi) is 5.48. The van der Waals surface area contributed by atoms with Crippen molar-refractivity contribution in [2.24, 2.45) is 4.99 Å². The average molecular weight is 406 g/mol. The second-order valence-corrected chi connectivity index (χ2v) is 6.26. The van der Waals surface area contributed by atoms with Crippen LogP contribution in [0.1, 0.15) is 18.1 Å². The normalized spacial score (nSPS) is 14.7. The molecule has 27 heavy (non-hydrogen) atoms. The molecular formula is C19H13Cl2NO5. The molecule has 3 rings (SSSR count). The first-order valence-electron chi connectivity index (χ1n) is 7.72. The van der Waals surface area contributed by atoms with Crippen molar-refractivity contribution < 1.29 is 23.8 Å². The van der Waals surface area contributed by atoms with E-state index in [2.05, 4.69) is 4.99 Å². The number of halogens is 2. The van der Waals surface area contributed by atoms with Crippen LogP contribution < -0.4 is 9.47 Å². The number of nitrogens with zero attached hydrogens (tertiary/aromatic N) is 1. The van der Waals surface area contributed by atoms with Crippen molar-refractivity contribution >= 4 is 47.1 Å². The van der Waals surface area contributed by atoms with Gasteiger partial charge in [-0.3, -0.25) is 4.79 Å². The number of hydrogen-bond donors (Lipinski definition) is 0. The minimum atomic E-state index is -0.621. The summed E-state index contributed by atoms with van der Waals surface area (Å²) in [5.41, 5.74) is 1.10. The molecule has 1 aliphatic heterocycles. The molecule has 0 amide bonds. The van der Waals surface area contributed by atoms with Crippen LogP contribution in [-0.2, 0) is 14.3 Å². The third-order valence-corrected chi connectivity index (χ3v) is 4.14. The Balaban J connectivity index is 1.99. The molecular weight excluding hydrogens is 393 g/mol. The molecule has 2 aromatic rings. The van der Waals surface area contributed by atoms with E-state index in [-0.39, 0.29) is 28.1 Å². The molecule has 0 unspecified atom stereocenters. The molecule has 1 aliphatic rings. The van der Waals surface area contributed by atoms with Crippen molar-refractivity contribution in [1.82, 2.24) is 0 Å². The van der Waals surface area contributed by atoms with Crippen molar-refractivity contribution in [3.63, 3.8) is 0 Å².